The Balaban J connectivity index is 2.06. The van der Waals surface area contributed by atoms with Crippen LogP contribution in [0.5, 0.6) is 0 Å². The van der Waals surface area contributed by atoms with E-state index in [-0.39, 0.29) is 11.6 Å². The minimum Gasteiger partial charge on any atom is -0.343 e. The van der Waals surface area contributed by atoms with Gasteiger partial charge in [-0.05, 0) is 24.3 Å². The summed E-state index contributed by atoms with van der Waals surface area (Å²) in [7, 11) is 0. The summed E-state index contributed by atoms with van der Waals surface area (Å²) in [6, 6.07) is 13.3. The molecular weight excluding hydrogens is 232 g/mol. The summed E-state index contributed by atoms with van der Waals surface area (Å²) < 4.78 is 28.9. The highest BCUT2D eigenvalue weighted by atomic mass is 19.1. The van der Waals surface area contributed by atoms with E-state index in [1.54, 1.807) is 36.5 Å². The molecule has 0 unspecified atom stereocenters. The van der Waals surface area contributed by atoms with E-state index in [1.807, 2.05) is 10.6 Å². The molecule has 0 N–H and O–H groups in total. The minimum atomic E-state index is -0.250. The average Bonchev–Trinajstić information content (AvgIpc) is 2.77. The largest absolute Gasteiger partial charge is 0.343 e. The molecule has 0 aliphatic carbocycles. The van der Waals surface area contributed by atoms with Crippen molar-refractivity contribution in [1.82, 2.24) is 4.57 Å². The summed E-state index contributed by atoms with van der Waals surface area (Å²) in [4.78, 5) is 0. The summed E-state index contributed by atoms with van der Waals surface area (Å²) in [5.74, 6) is -0.490. The van der Waals surface area contributed by atoms with Crippen molar-refractivity contribution < 1.29 is 8.78 Å². The Hall–Kier alpha value is -2.16. The maximum atomic E-state index is 13.6. The molecule has 3 rings (SSSR count). The van der Waals surface area contributed by atoms with Crippen LogP contribution in [0.15, 0.2) is 54.7 Å². The molecule has 0 fully saturated rings. The lowest BCUT2D eigenvalue weighted by Gasteiger charge is -2.06. The predicted octanol–water partition coefficient (Wildman–Crippen LogP) is 3.97. The number of nitrogens with zero attached hydrogens (tertiary/aromatic N) is 1. The van der Waals surface area contributed by atoms with Gasteiger partial charge in [0.15, 0.2) is 0 Å². The van der Waals surface area contributed by atoms with Gasteiger partial charge < -0.3 is 4.57 Å². The highest BCUT2D eigenvalue weighted by Gasteiger charge is 2.07. The lowest BCUT2D eigenvalue weighted by molar-refractivity contribution is 0.602. The fourth-order valence-electron chi connectivity index (χ4n) is 2.13. The van der Waals surface area contributed by atoms with Gasteiger partial charge in [-0.1, -0.05) is 24.3 Å². The second-order valence-corrected chi connectivity index (χ2v) is 4.21. The van der Waals surface area contributed by atoms with E-state index in [0.717, 1.165) is 5.52 Å². The van der Waals surface area contributed by atoms with Crippen molar-refractivity contribution in [3.8, 4) is 0 Å². The second kappa shape index (κ2) is 4.26. The molecule has 0 atom stereocenters. The normalized spacial score (nSPS) is 11.0. The molecule has 0 spiro atoms. The lowest BCUT2D eigenvalue weighted by atomic mass is 10.2. The summed E-state index contributed by atoms with van der Waals surface area (Å²) in [5, 5.41) is 0.564. The highest BCUT2D eigenvalue weighted by Crippen LogP contribution is 2.20. The maximum Gasteiger partial charge on any atom is 0.132 e. The van der Waals surface area contributed by atoms with Gasteiger partial charge in [0, 0.05) is 17.1 Å². The number of halogens is 2. The monoisotopic (exact) mass is 243 g/mol. The van der Waals surface area contributed by atoms with Gasteiger partial charge >= 0.3 is 0 Å². The number of hydrogen-bond acceptors (Lipinski definition) is 0. The molecule has 18 heavy (non-hydrogen) atoms. The van der Waals surface area contributed by atoms with Gasteiger partial charge in [0.2, 0.25) is 0 Å². The Morgan fingerprint density at radius 2 is 1.61 bits per heavy atom. The first-order chi connectivity index (χ1) is 8.75. The molecule has 3 aromatic rings. The van der Waals surface area contributed by atoms with Gasteiger partial charge in [-0.3, -0.25) is 0 Å². The molecule has 0 amide bonds. The smallest absolute Gasteiger partial charge is 0.132 e. The number of rotatable bonds is 2. The molecule has 3 heteroatoms. The van der Waals surface area contributed by atoms with Crippen molar-refractivity contribution in [2.75, 3.05) is 0 Å². The van der Waals surface area contributed by atoms with Crippen molar-refractivity contribution >= 4 is 10.9 Å². The maximum absolute atomic E-state index is 13.6. The van der Waals surface area contributed by atoms with Crippen molar-refractivity contribution in [3.63, 3.8) is 0 Å². The Bertz CT molecular complexity index is 701. The van der Waals surface area contributed by atoms with E-state index in [0.29, 0.717) is 17.5 Å². The number of hydrogen-bond donors (Lipinski definition) is 0. The van der Waals surface area contributed by atoms with Crippen LogP contribution < -0.4 is 0 Å². The first-order valence-corrected chi connectivity index (χ1v) is 5.72. The molecule has 0 aliphatic rings. The third kappa shape index (κ3) is 1.78. The highest BCUT2D eigenvalue weighted by molar-refractivity contribution is 5.80. The van der Waals surface area contributed by atoms with Crippen LogP contribution in [-0.4, -0.2) is 4.57 Å². The Kier molecular flexibility index (Phi) is 2.59. The topological polar surface area (TPSA) is 4.93 Å². The molecule has 1 heterocycles. The van der Waals surface area contributed by atoms with Crippen LogP contribution in [0.1, 0.15) is 5.56 Å². The van der Waals surface area contributed by atoms with Gasteiger partial charge in [-0.2, -0.15) is 0 Å². The fraction of sp³-hybridized carbons (Fsp3) is 0.0667. The lowest BCUT2D eigenvalue weighted by Crippen LogP contribution is -2.00. The molecule has 0 aliphatic heterocycles. The molecular formula is C15H11F2N. The zero-order valence-electron chi connectivity index (χ0n) is 9.61. The Labute approximate surface area is 103 Å². The van der Waals surface area contributed by atoms with Gasteiger partial charge in [-0.25, -0.2) is 8.78 Å². The van der Waals surface area contributed by atoms with Crippen LogP contribution >= 0.6 is 0 Å². The van der Waals surface area contributed by atoms with Crippen molar-refractivity contribution in [2.24, 2.45) is 0 Å². The van der Waals surface area contributed by atoms with Gasteiger partial charge in [-0.15, -0.1) is 0 Å². The van der Waals surface area contributed by atoms with Crippen LogP contribution in [0, 0.1) is 11.6 Å². The van der Waals surface area contributed by atoms with E-state index in [9.17, 15) is 8.78 Å². The standard InChI is InChI=1S/C15H11F2N/c16-13-5-2-1-4-11(13)10-18-9-8-12-14(17)6-3-7-15(12)18/h1-9H,10H2. The molecule has 1 aromatic heterocycles. The summed E-state index contributed by atoms with van der Waals surface area (Å²) >= 11 is 0. The molecule has 0 saturated heterocycles. The third-order valence-corrected chi connectivity index (χ3v) is 3.06. The molecule has 2 aromatic carbocycles. The summed E-state index contributed by atoms with van der Waals surface area (Å²) in [6.07, 6.45) is 1.78. The zero-order valence-corrected chi connectivity index (χ0v) is 9.61. The van der Waals surface area contributed by atoms with E-state index in [4.69, 9.17) is 0 Å². The average molecular weight is 243 g/mol. The van der Waals surface area contributed by atoms with Crippen LogP contribution in [-0.2, 0) is 6.54 Å². The first kappa shape index (κ1) is 11.0. The van der Waals surface area contributed by atoms with Crippen molar-refractivity contribution in [1.29, 1.82) is 0 Å². The van der Waals surface area contributed by atoms with Crippen LogP contribution in [0.4, 0.5) is 8.78 Å². The quantitative estimate of drug-likeness (QED) is 0.642. The van der Waals surface area contributed by atoms with Crippen LogP contribution in [0.3, 0.4) is 0 Å². The van der Waals surface area contributed by atoms with Gasteiger partial charge in [0.25, 0.3) is 0 Å². The molecule has 0 bridgehead atoms. The molecule has 1 nitrogen and oxygen atoms in total. The van der Waals surface area contributed by atoms with Gasteiger partial charge in [0.1, 0.15) is 11.6 Å². The van der Waals surface area contributed by atoms with Crippen molar-refractivity contribution in [2.45, 2.75) is 6.54 Å². The fourth-order valence-corrected chi connectivity index (χ4v) is 2.13. The summed E-state index contributed by atoms with van der Waals surface area (Å²) in [6.45, 7) is 0.402. The first-order valence-electron chi connectivity index (χ1n) is 5.72. The van der Waals surface area contributed by atoms with E-state index < -0.39 is 0 Å². The van der Waals surface area contributed by atoms with E-state index in [1.165, 1.54) is 12.1 Å². The number of benzene rings is 2. The van der Waals surface area contributed by atoms with Crippen LogP contribution in [0.25, 0.3) is 10.9 Å². The number of fused-ring (bicyclic) bond motifs is 1. The third-order valence-electron chi connectivity index (χ3n) is 3.06. The molecule has 0 radical (unpaired) electrons. The van der Waals surface area contributed by atoms with Gasteiger partial charge in [0.05, 0.1) is 12.1 Å². The second-order valence-electron chi connectivity index (χ2n) is 4.21. The Morgan fingerprint density at radius 3 is 2.44 bits per heavy atom. The van der Waals surface area contributed by atoms with Crippen LogP contribution in [0.2, 0.25) is 0 Å². The molecule has 90 valence electrons. The zero-order chi connectivity index (χ0) is 12.5. The predicted molar refractivity (Wildman–Crippen MR) is 67.4 cm³/mol. The minimum absolute atomic E-state index is 0.240. The van der Waals surface area contributed by atoms with E-state index >= 15 is 0 Å². The Morgan fingerprint density at radius 1 is 0.833 bits per heavy atom. The molecule has 0 saturated carbocycles. The van der Waals surface area contributed by atoms with E-state index in [2.05, 4.69) is 0 Å². The SMILES string of the molecule is Fc1ccccc1Cn1ccc2c(F)cccc21. The number of aromatic nitrogens is 1. The summed E-state index contributed by atoms with van der Waals surface area (Å²) in [5.41, 5.74) is 1.37. The van der Waals surface area contributed by atoms with Crippen molar-refractivity contribution in [3.05, 3.63) is 71.9 Å².